The van der Waals surface area contributed by atoms with E-state index < -0.39 is 0 Å². The summed E-state index contributed by atoms with van der Waals surface area (Å²) in [5.74, 6) is 0.322. The van der Waals surface area contributed by atoms with E-state index in [-0.39, 0.29) is 11.8 Å². The molecule has 0 spiro atoms. The molecule has 2 aromatic rings. The Hall–Kier alpha value is -2.18. The van der Waals surface area contributed by atoms with Crippen LogP contribution in [0.25, 0.3) is 0 Å². The van der Waals surface area contributed by atoms with Crippen molar-refractivity contribution in [2.75, 3.05) is 25.0 Å². The summed E-state index contributed by atoms with van der Waals surface area (Å²) in [7, 11) is 0. The van der Waals surface area contributed by atoms with Crippen molar-refractivity contribution in [3.8, 4) is 0 Å². The molecular weight excluding hydrogens is 442 g/mol. The number of anilines is 1. The number of rotatable bonds is 5. The molecule has 2 amide bonds. The second kappa shape index (κ2) is 9.75. The Morgan fingerprint density at radius 3 is 2.53 bits per heavy atom. The zero-order valence-electron chi connectivity index (χ0n) is 17.1. The summed E-state index contributed by atoms with van der Waals surface area (Å²) in [4.78, 5) is 27.6. The van der Waals surface area contributed by atoms with Crippen LogP contribution in [0.15, 0.2) is 53.0 Å². The van der Waals surface area contributed by atoms with Crippen LogP contribution in [0, 0.1) is 5.92 Å². The molecule has 0 aliphatic carbocycles. The third-order valence-electron chi connectivity index (χ3n) is 6.25. The molecule has 2 N–H and O–H groups in total. The van der Waals surface area contributed by atoms with Gasteiger partial charge in [0.05, 0.1) is 0 Å². The van der Waals surface area contributed by atoms with Crippen molar-refractivity contribution in [3.63, 3.8) is 0 Å². The SMILES string of the molecule is O=C(NC[C@H]1CCCN2CCCC[C@H]12)c1ccc(NC(=O)c2cccc(Br)c2)cc1. The number of halogens is 1. The van der Waals surface area contributed by atoms with E-state index >= 15 is 0 Å². The normalized spacial score (nSPS) is 21.5. The van der Waals surface area contributed by atoms with E-state index in [4.69, 9.17) is 0 Å². The van der Waals surface area contributed by atoms with Crippen LogP contribution >= 0.6 is 15.9 Å². The molecule has 2 atom stereocenters. The highest BCUT2D eigenvalue weighted by Gasteiger charge is 2.32. The number of hydrogen-bond acceptors (Lipinski definition) is 3. The molecule has 158 valence electrons. The number of amides is 2. The number of fused-ring (bicyclic) bond motifs is 1. The van der Waals surface area contributed by atoms with Crippen molar-refractivity contribution in [1.29, 1.82) is 0 Å². The van der Waals surface area contributed by atoms with Gasteiger partial charge in [0.2, 0.25) is 0 Å². The molecule has 4 rings (SSSR count). The van der Waals surface area contributed by atoms with Crippen molar-refractivity contribution in [2.24, 2.45) is 5.92 Å². The van der Waals surface area contributed by atoms with Crippen LogP contribution in [0.3, 0.4) is 0 Å². The smallest absolute Gasteiger partial charge is 0.255 e. The molecular formula is C24H28BrN3O2. The summed E-state index contributed by atoms with van der Waals surface area (Å²) < 4.78 is 0.858. The Balaban J connectivity index is 1.31. The molecule has 0 unspecified atom stereocenters. The van der Waals surface area contributed by atoms with Gasteiger partial charge in [-0.3, -0.25) is 9.59 Å². The molecule has 2 fully saturated rings. The Labute approximate surface area is 186 Å². The molecule has 2 aliphatic rings. The van der Waals surface area contributed by atoms with Crippen LogP contribution in [-0.2, 0) is 0 Å². The summed E-state index contributed by atoms with van der Waals surface area (Å²) in [5, 5.41) is 6.01. The van der Waals surface area contributed by atoms with Gasteiger partial charge in [-0.05, 0) is 87.2 Å². The Kier molecular flexibility index (Phi) is 6.85. The van der Waals surface area contributed by atoms with Crippen molar-refractivity contribution < 1.29 is 9.59 Å². The number of carbonyl (C=O) groups excluding carboxylic acids is 2. The highest BCUT2D eigenvalue weighted by Crippen LogP contribution is 2.30. The summed E-state index contributed by atoms with van der Waals surface area (Å²) in [6, 6.07) is 14.9. The average molecular weight is 470 g/mol. The highest BCUT2D eigenvalue weighted by molar-refractivity contribution is 9.10. The van der Waals surface area contributed by atoms with E-state index in [0.717, 1.165) is 11.0 Å². The Morgan fingerprint density at radius 2 is 1.73 bits per heavy atom. The van der Waals surface area contributed by atoms with Gasteiger partial charge in [0.1, 0.15) is 0 Å². The Morgan fingerprint density at radius 1 is 0.933 bits per heavy atom. The van der Waals surface area contributed by atoms with Crippen LogP contribution in [-0.4, -0.2) is 42.4 Å². The second-order valence-electron chi connectivity index (χ2n) is 8.25. The van der Waals surface area contributed by atoms with Gasteiger partial charge in [-0.1, -0.05) is 28.4 Å². The maximum atomic E-state index is 12.6. The summed E-state index contributed by atoms with van der Waals surface area (Å²) in [6.45, 7) is 3.16. The zero-order chi connectivity index (χ0) is 20.9. The van der Waals surface area contributed by atoms with Crippen molar-refractivity contribution in [3.05, 3.63) is 64.1 Å². The summed E-state index contributed by atoms with van der Waals surface area (Å²) >= 11 is 3.38. The minimum atomic E-state index is -0.178. The Bertz CT molecular complexity index is 898. The minimum Gasteiger partial charge on any atom is -0.352 e. The van der Waals surface area contributed by atoms with Gasteiger partial charge < -0.3 is 15.5 Å². The van der Waals surface area contributed by atoms with E-state index in [1.165, 1.54) is 45.2 Å². The fraction of sp³-hybridized carbons (Fsp3) is 0.417. The average Bonchev–Trinajstić information content (AvgIpc) is 2.78. The lowest BCUT2D eigenvalue weighted by Crippen LogP contribution is -2.51. The first-order valence-corrected chi connectivity index (χ1v) is 11.6. The number of benzene rings is 2. The van der Waals surface area contributed by atoms with Gasteiger partial charge in [-0.25, -0.2) is 0 Å². The molecule has 0 radical (unpaired) electrons. The summed E-state index contributed by atoms with van der Waals surface area (Å²) in [5.41, 5.74) is 1.86. The second-order valence-corrected chi connectivity index (χ2v) is 9.17. The van der Waals surface area contributed by atoms with E-state index in [2.05, 4.69) is 31.5 Å². The van der Waals surface area contributed by atoms with Crippen LogP contribution in [0.5, 0.6) is 0 Å². The van der Waals surface area contributed by atoms with Gasteiger partial charge >= 0.3 is 0 Å². The van der Waals surface area contributed by atoms with Gasteiger partial charge in [0, 0.05) is 33.9 Å². The number of piperidine rings is 2. The first kappa shape index (κ1) is 21.1. The third kappa shape index (κ3) is 5.10. The van der Waals surface area contributed by atoms with Gasteiger partial charge in [0.25, 0.3) is 11.8 Å². The third-order valence-corrected chi connectivity index (χ3v) is 6.74. The number of hydrogen-bond donors (Lipinski definition) is 2. The lowest BCUT2D eigenvalue weighted by Gasteiger charge is -2.44. The molecule has 30 heavy (non-hydrogen) atoms. The van der Waals surface area contributed by atoms with Crippen molar-refractivity contribution in [1.82, 2.24) is 10.2 Å². The molecule has 0 aromatic heterocycles. The molecule has 2 saturated heterocycles. The lowest BCUT2D eigenvalue weighted by molar-refractivity contribution is 0.0575. The zero-order valence-corrected chi connectivity index (χ0v) is 18.7. The molecule has 6 heteroatoms. The van der Waals surface area contributed by atoms with Crippen LogP contribution in [0.1, 0.15) is 52.8 Å². The molecule has 0 bridgehead atoms. The van der Waals surface area contributed by atoms with Crippen LogP contribution < -0.4 is 10.6 Å². The minimum absolute atomic E-state index is 0.0483. The van der Waals surface area contributed by atoms with Gasteiger partial charge in [-0.15, -0.1) is 0 Å². The largest absolute Gasteiger partial charge is 0.352 e. The summed E-state index contributed by atoms with van der Waals surface area (Å²) in [6.07, 6.45) is 6.29. The molecule has 2 heterocycles. The maximum absolute atomic E-state index is 12.6. The van der Waals surface area contributed by atoms with Crippen molar-refractivity contribution in [2.45, 2.75) is 38.1 Å². The van der Waals surface area contributed by atoms with Crippen LogP contribution in [0.2, 0.25) is 0 Å². The predicted octanol–water partition coefficient (Wildman–Crippen LogP) is 4.70. The topological polar surface area (TPSA) is 61.4 Å². The first-order chi connectivity index (χ1) is 14.6. The lowest BCUT2D eigenvalue weighted by atomic mass is 9.83. The highest BCUT2D eigenvalue weighted by atomic mass is 79.9. The number of nitrogens with one attached hydrogen (secondary N) is 2. The fourth-order valence-corrected chi connectivity index (χ4v) is 5.08. The van der Waals surface area contributed by atoms with Gasteiger partial charge in [0.15, 0.2) is 0 Å². The maximum Gasteiger partial charge on any atom is 0.255 e. The van der Waals surface area contributed by atoms with Gasteiger partial charge in [-0.2, -0.15) is 0 Å². The molecule has 0 saturated carbocycles. The standard InChI is InChI=1S/C24H28BrN3O2/c25-20-7-3-5-18(15-20)24(30)27-21-11-9-17(10-12-21)23(29)26-16-19-6-4-14-28-13-2-1-8-22(19)28/h3,5,7,9-12,15,19,22H,1-2,4,6,8,13-14,16H2,(H,26,29)(H,27,30)/t19-,22-/m1/s1. The number of nitrogens with zero attached hydrogens (tertiary/aromatic N) is 1. The van der Waals surface area contributed by atoms with E-state index in [1.54, 1.807) is 36.4 Å². The van der Waals surface area contributed by atoms with E-state index in [0.29, 0.717) is 28.8 Å². The fourth-order valence-electron chi connectivity index (χ4n) is 4.68. The monoisotopic (exact) mass is 469 g/mol. The van der Waals surface area contributed by atoms with E-state index in [1.807, 2.05) is 12.1 Å². The first-order valence-electron chi connectivity index (χ1n) is 10.8. The predicted molar refractivity (Wildman–Crippen MR) is 123 cm³/mol. The molecule has 5 nitrogen and oxygen atoms in total. The quantitative estimate of drug-likeness (QED) is 0.667. The van der Waals surface area contributed by atoms with Crippen molar-refractivity contribution >= 4 is 33.4 Å². The van der Waals surface area contributed by atoms with Crippen LogP contribution in [0.4, 0.5) is 5.69 Å². The van der Waals surface area contributed by atoms with E-state index in [9.17, 15) is 9.59 Å². The molecule has 2 aromatic carbocycles. The molecule has 2 aliphatic heterocycles. The number of carbonyl (C=O) groups is 2.